The lowest BCUT2D eigenvalue weighted by atomic mass is 10.00. The molecule has 3 aromatic carbocycles. The third-order valence-corrected chi connectivity index (χ3v) is 8.33. The number of hydrogen-bond donors (Lipinski definition) is 2. The molecule has 0 saturated carbocycles. The van der Waals surface area contributed by atoms with Gasteiger partial charge in [-0.15, -0.1) is 0 Å². The monoisotopic (exact) mass is 579 g/mol. The molecule has 1 aromatic heterocycles. The van der Waals surface area contributed by atoms with Crippen LogP contribution in [-0.4, -0.2) is 89.9 Å². The summed E-state index contributed by atoms with van der Waals surface area (Å²) in [4.78, 5) is 40.0. The maximum Gasteiger partial charge on any atom is 0.338 e. The Hall–Kier alpha value is -4.47. The minimum absolute atomic E-state index is 0.0374. The van der Waals surface area contributed by atoms with Crippen LogP contribution in [0.15, 0.2) is 77.8 Å². The van der Waals surface area contributed by atoms with Crippen LogP contribution in [0.4, 0.5) is 11.4 Å². The highest BCUT2D eigenvalue weighted by molar-refractivity contribution is 6.22. The zero-order valence-corrected chi connectivity index (χ0v) is 24.6. The third kappa shape index (κ3) is 6.04. The lowest BCUT2D eigenvalue weighted by Gasteiger charge is -2.36. The molecular formula is C34H37N5O4. The maximum absolute atomic E-state index is 13.0. The van der Waals surface area contributed by atoms with Crippen molar-refractivity contribution in [3.8, 4) is 5.88 Å². The van der Waals surface area contributed by atoms with Crippen molar-refractivity contribution < 1.29 is 19.4 Å². The predicted octanol–water partition coefficient (Wildman–Crippen LogP) is 4.96. The molecule has 2 N–H and O–H groups in total. The van der Waals surface area contributed by atoms with Crippen LogP contribution in [0, 0.1) is 0 Å². The molecule has 1 atom stereocenters. The number of carbonyl (C=O) groups is 2. The van der Waals surface area contributed by atoms with Crippen molar-refractivity contribution >= 4 is 39.9 Å². The van der Waals surface area contributed by atoms with E-state index in [9.17, 15) is 14.7 Å². The number of piperazine rings is 1. The van der Waals surface area contributed by atoms with Crippen molar-refractivity contribution in [1.82, 2.24) is 14.8 Å². The van der Waals surface area contributed by atoms with Gasteiger partial charge < -0.3 is 24.6 Å². The number of aromatic hydroxyl groups is 1. The number of amides is 1. The van der Waals surface area contributed by atoms with E-state index in [0.717, 1.165) is 55.8 Å². The minimum atomic E-state index is -0.417. The average Bonchev–Trinajstić information content (AvgIpc) is 3.55. The third-order valence-electron chi connectivity index (χ3n) is 8.33. The van der Waals surface area contributed by atoms with Gasteiger partial charge in [0, 0.05) is 61.3 Å². The summed E-state index contributed by atoms with van der Waals surface area (Å²) in [5, 5.41) is 11.8. The molecular weight excluding hydrogens is 542 g/mol. The van der Waals surface area contributed by atoms with Crippen molar-refractivity contribution in [2.75, 3.05) is 51.3 Å². The van der Waals surface area contributed by atoms with E-state index in [-0.39, 0.29) is 24.4 Å². The van der Waals surface area contributed by atoms with Crippen LogP contribution in [0.25, 0.3) is 10.9 Å². The molecule has 1 amide bonds. The number of rotatable bonds is 8. The Balaban J connectivity index is 1.31. The van der Waals surface area contributed by atoms with Gasteiger partial charge >= 0.3 is 5.97 Å². The molecule has 2 aliphatic rings. The molecule has 6 rings (SSSR count). The molecule has 9 nitrogen and oxygen atoms in total. The Kier molecular flexibility index (Phi) is 8.26. The Bertz CT molecular complexity index is 1640. The van der Waals surface area contributed by atoms with Crippen molar-refractivity contribution in [2.45, 2.75) is 25.8 Å². The average molecular weight is 580 g/mol. The summed E-state index contributed by atoms with van der Waals surface area (Å²) in [6, 6.07) is 22.8. The zero-order chi connectivity index (χ0) is 29.9. The van der Waals surface area contributed by atoms with Gasteiger partial charge in [-0.05, 0) is 56.8 Å². The number of likely N-dealkylation sites (N-methyl/N-ethyl adjacent to an activating group) is 1. The molecule has 0 bridgehead atoms. The molecule has 0 aliphatic carbocycles. The molecule has 3 heterocycles. The Morgan fingerprint density at radius 1 is 1.00 bits per heavy atom. The molecule has 9 heteroatoms. The fourth-order valence-electron chi connectivity index (χ4n) is 6.04. The van der Waals surface area contributed by atoms with Crippen LogP contribution in [-0.2, 0) is 9.53 Å². The van der Waals surface area contributed by atoms with Gasteiger partial charge in [0.1, 0.15) is 0 Å². The number of benzene rings is 3. The van der Waals surface area contributed by atoms with Gasteiger partial charge in [-0.2, -0.15) is 0 Å². The summed E-state index contributed by atoms with van der Waals surface area (Å²) >= 11 is 0. The molecule has 2 fully saturated rings. The van der Waals surface area contributed by atoms with E-state index in [2.05, 4.69) is 21.8 Å². The first-order valence-corrected chi connectivity index (χ1v) is 14.9. The molecule has 43 heavy (non-hydrogen) atoms. The number of ether oxygens (including phenoxy) is 1. The van der Waals surface area contributed by atoms with E-state index < -0.39 is 5.97 Å². The number of fused-ring (bicyclic) bond motifs is 1. The molecule has 0 spiro atoms. The van der Waals surface area contributed by atoms with Crippen LogP contribution >= 0.6 is 0 Å². The first kappa shape index (κ1) is 28.6. The number of anilines is 1. The highest BCUT2D eigenvalue weighted by atomic mass is 16.5. The summed E-state index contributed by atoms with van der Waals surface area (Å²) in [6.45, 7) is 7.08. The second kappa shape index (κ2) is 12.4. The van der Waals surface area contributed by atoms with Gasteiger partial charge in [-0.3, -0.25) is 9.69 Å². The van der Waals surface area contributed by atoms with Gasteiger partial charge in [-0.1, -0.05) is 36.4 Å². The van der Waals surface area contributed by atoms with Crippen LogP contribution in [0.2, 0.25) is 0 Å². The maximum atomic E-state index is 13.0. The van der Waals surface area contributed by atoms with Crippen LogP contribution in [0.1, 0.15) is 41.3 Å². The number of nitrogens with zero attached hydrogens (tertiary/aromatic N) is 4. The molecule has 4 aromatic rings. The number of carbonyl (C=O) groups excluding carboxylic acids is 2. The number of aromatic amines is 1. The summed E-state index contributed by atoms with van der Waals surface area (Å²) in [6.07, 6.45) is 1.43. The second-order valence-corrected chi connectivity index (χ2v) is 11.2. The van der Waals surface area contributed by atoms with Crippen molar-refractivity contribution in [2.24, 2.45) is 4.99 Å². The van der Waals surface area contributed by atoms with Gasteiger partial charge in [-0.25, -0.2) is 9.79 Å². The lowest BCUT2D eigenvalue weighted by Crippen LogP contribution is -2.49. The summed E-state index contributed by atoms with van der Waals surface area (Å²) in [5.41, 5.74) is 4.55. The van der Waals surface area contributed by atoms with Gasteiger partial charge in [0.15, 0.2) is 5.88 Å². The first-order valence-electron chi connectivity index (χ1n) is 14.9. The van der Waals surface area contributed by atoms with Crippen LogP contribution in [0.3, 0.4) is 0 Å². The summed E-state index contributed by atoms with van der Waals surface area (Å²) < 4.78 is 5.14. The van der Waals surface area contributed by atoms with E-state index >= 15 is 0 Å². The number of esters is 1. The number of nitrogens with one attached hydrogen (secondary N) is 1. The first-order chi connectivity index (χ1) is 20.9. The van der Waals surface area contributed by atoms with E-state index in [1.807, 2.05) is 59.5 Å². The number of aliphatic imine (C=N–C) groups is 1. The lowest BCUT2D eigenvalue weighted by molar-refractivity contribution is -0.117. The van der Waals surface area contributed by atoms with Crippen LogP contribution < -0.4 is 4.90 Å². The topological polar surface area (TPSA) is 101 Å². The normalized spacial score (nSPS) is 18.5. The Morgan fingerprint density at radius 2 is 1.74 bits per heavy atom. The number of hydrogen-bond acceptors (Lipinski definition) is 7. The van der Waals surface area contributed by atoms with E-state index in [0.29, 0.717) is 34.5 Å². The highest BCUT2D eigenvalue weighted by Gasteiger charge is 2.33. The second-order valence-electron chi connectivity index (χ2n) is 11.2. The van der Waals surface area contributed by atoms with Crippen LogP contribution in [0.5, 0.6) is 5.88 Å². The number of H-pyrrole nitrogens is 1. The molecule has 0 radical (unpaired) electrons. The SMILES string of the molecule is CCOC(=O)c1ccc2c(C(=Nc3ccc(N4C(=O)CC[C@@H]4CN4CCN(C)CC4)cc3)c3ccccc3)c(O)[nH]c2c1. The molecule has 0 unspecified atom stereocenters. The fraction of sp³-hybridized carbons (Fsp3) is 0.324. The highest BCUT2D eigenvalue weighted by Crippen LogP contribution is 2.34. The van der Waals surface area contributed by atoms with Crippen molar-refractivity contribution in [1.29, 1.82) is 0 Å². The quantitative estimate of drug-likeness (QED) is 0.226. The summed E-state index contributed by atoms with van der Waals surface area (Å²) in [5.74, 6) is -0.296. The van der Waals surface area contributed by atoms with Gasteiger partial charge in [0.05, 0.1) is 35.2 Å². The largest absolute Gasteiger partial charge is 0.494 e. The Labute approximate surface area is 251 Å². The predicted molar refractivity (Wildman–Crippen MR) is 169 cm³/mol. The molecule has 2 aliphatic heterocycles. The van der Waals surface area contributed by atoms with E-state index in [1.165, 1.54) is 0 Å². The van der Waals surface area contributed by atoms with Gasteiger partial charge in [0.25, 0.3) is 0 Å². The molecule has 222 valence electrons. The zero-order valence-electron chi connectivity index (χ0n) is 24.6. The molecule has 2 saturated heterocycles. The van der Waals surface area contributed by atoms with E-state index in [1.54, 1.807) is 25.1 Å². The standard InChI is InChI=1S/C34H37N5O4/c1-3-43-34(42)24-9-15-28-29(21-24)36-33(41)31(28)32(23-7-5-4-6-8-23)35-25-10-12-26(13-11-25)39-27(14-16-30(39)40)22-38-19-17-37(2)18-20-38/h4-13,15,21,27,36,41H,3,14,16-20,22H2,1-2H3/t27-/m1/s1. The Morgan fingerprint density at radius 3 is 2.47 bits per heavy atom. The minimum Gasteiger partial charge on any atom is -0.494 e. The van der Waals surface area contributed by atoms with Crippen molar-refractivity contribution in [3.63, 3.8) is 0 Å². The smallest absolute Gasteiger partial charge is 0.338 e. The summed E-state index contributed by atoms with van der Waals surface area (Å²) in [7, 11) is 2.15. The fourth-order valence-corrected chi connectivity index (χ4v) is 6.04. The van der Waals surface area contributed by atoms with Crippen molar-refractivity contribution in [3.05, 3.63) is 89.5 Å². The van der Waals surface area contributed by atoms with Gasteiger partial charge in [0.2, 0.25) is 5.91 Å². The van der Waals surface area contributed by atoms with E-state index in [4.69, 9.17) is 9.73 Å². The number of aromatic nitrogens is 1.